The summed E-state index contributed by atoms with van der Waals surface area (Å²) in [6.07, 6.45) is 8.76. The Balaban J connectivity index is 1.97. The SMILES string of the molecule is CCCCOC(=O)c1ccc2c(C(CCC)CCC)c3n(c2c1)CC(C)=Cc1cc(OC)ccc1-3. The zero-order valence-corrected chi connectivity index (χ0v) is 21.9. The molecule has 0 bridgehead atoms. The minimum atomic E-state index is -0.234. The first-order valence-electron chi connectivity index (χ1n) is 13.2. The van der Waals surface area contributed by atoms with E-state index in [9.17, 15) is 4.79 Å². The molecule has 4 heteroatoms. The maximum absolute atomic E-state index is 12.8. The summed E-state index contributed by atoms with van der Waals surface area (Å²) in [4.78, 5) is 12.8. The molecule has 35 heavy (non-hydrogen) atoms. The maximum Gasteiger partial charge on any atom is 0.338 e. The Morgan fingerprint density at radius 2 is 1.80 bits per heavy atom. The van der Waals surface area contributed by atoms with E-state index in [0.717, 1.165) is 56.3 Å². The Labute approximate surface area is 209 Å². The summed E-state index contributed by atoms with van der Waals surface area (Å²) < 4.78 is 13.5. The normalized spacial score (nSPS) is 12.8. The highest BCUT2D eigenvalue weighted by molar-refractivity contribution is 6.00. The van der Waals surface area contributed by atoms with Crippen LogP contribution in [0.3, 0.4) is 0 Å². The predicted molar refractivity (Wildman–Crippen MR) is 145 cm³/mol. The number of ether oxygens (including phenoxy) is 2. The second kappa shape index (κ2) is 11.2. The monoisotopic (exact) mass is 473 g/mol. The minimum absolute atomic E-state index is 0.234. The average Bonchev–Trinajstić information content (AvgIpc) is 3.08. The van der Waals surface area contributed by atoms with Gasteiger partial charge < -0.3 is 14.0 Å². The van der Waals surface area contributed by atoms with Crippen LogP contribution in [-0.4, -0.2) is 24.3 Å². The van der Waals surface area contributed by atoms with Gasteiger partial charge in [-0.05, 0) is 73.6 Å². The molecule has 3 aromatic rings. The lowest BCUT2D eigenvalue weighted by atomic mass is 9.86. The number of esters is 1. The van der Waals surface area contributed by atoms with Crippen LogP contribution in [0.5, 0.6) is 5.75 Å². The summed E-state index contributed by atoms with van der Waals surface area (Å²) >= 11 is 0. The quantitative estimate of drug-likeness (QED) is 0.219. The van der Waals surface area contributed by atoms with Crippen molar-refractivity contribution in [2.24, 2.45) is 0 Å². The van der Waals surface area contributed by atoms with Crippen molar-refractivity contribution in [1.82, 2.24) is 4.57 Å². The molecular weight excluding hydrogens is 434 g/mol. The van der Waals surface area contributed by atoms with Crippen molar-refractivity contribution < 1.29 is 14.3 Å². The number of aromatic nitrogens is 1. The number of rotatable bonds is 10. The predicted octanol–water partition coefficient (Wildman–Crippen LogP) is 8.37. The van der Waals surface area contributed by atoms with Crippen molar-refractivity contribution >= 4 is 22.9 Å². The van der Waals surface area contributed by atoms with Gasteiger partial charge in [-0.25, -0.2) is 4.79 Å². The Bertz CT molecular complexity index is 1230. The molecule has 0 unspecified atom stereocenters. The van der Waals surface area contributed by atoms with Crippen LogP contribution < -0.4 is 4.74 Å². The maximum atomic E-state index is 12.8. The van der Waals surface area contributed by atoms with Gasteiger partial charge in [0.1, 0.15) is 5.75 Å². The lowest BCUT2D eigenvalue weighted by molar-refractivity contribution is 0.0500. The number of unbranched alkanes of at least 4 members (excludes halogenated alkanes) is 1. The van der Waals surface area contributed by atoms with Crippen molar-refractivity contribution in [1.29, 1.82) is 0 Å². The second-order valence-corrected chi connectivity index (χ2v) is 9.79. The van der Waals surface area contributed by atoms with Crippen LogP contribution in [0.4, 0.5) is 0 Å². The molecule has 0 atom stereocenters. The third-order valence-corrected chi connectivity index (χ3v) is 7.08. The molecular formula is C31H39NO3. The molecule has 186 valence electrons. The lowest BCUT2D eigenvalue weighted by Gasteiger charge is -2.19. The van der Waals surface area contributed by atoms with Gasteiger partial charge in [0.15, 0.2) is 0 Å². The van der Waals surface area contributed by atoms with Gasteiger partial charge in [-0.2, -0.15) is 0 Å². The van der Waals surface area contributed by atoms with E-state index in [1.165, 1.54) is 33.3 Å². The van der Waals surface area contributed by atoms with E-state index in [1.807, 2.05) is 12.1 Å². The van der Waals surface area contributed by atoms with Gasteiger partial charge in [-0.3, -0.25) is 0 Å². The van der Waals surface area contributed by atoms with Crippen LogP contribution in [-0.2, 0) is 11.3 Å². The number of fused-ring (bicyclic) bond motifs is 5. The minimum Gasteiger partial charge on any atom is -0.497 e. The zero-order chi connectivity index (χ0) is 24.9. The number of nitrogens with zero attached hydrogens (tertiary/aromatic N) is 1. The summed E-state index contributed by atoms with van der Waals surface area (Å²) in [5, 5.41) is 1.26. The number of benzene rings is 2. The van der Waals surface area contributed by atoms with Gasteiger partial charge in [0.05, 0.1) is 25.0 Å². The second-order valence-electron chi connectivity index (χ2n) is 9.79. The third-order valence-electron chi connectivity index (χ3n) is 7.08. The summed E-state index contributed by atoms with van der Waals surface area (Å²) in [7, 11) is 1.72. The van der Waals surface area contributed by atoms with Crippen molar-refractivity contribution in [3.05, 3.63) is 58.7 Å². The molecule has 4 nitrogen and oxygen atoms in total. The summed E-state index contributed by atoms with van der Waals surface area (Å²) in [5.74, 6) is 1.11. The lowest BCUT2D eigenvalue weighted by Crippen LogP contribution is -2.07. The fourth-order valence-corrected chi connectivity index (χ4v) is 5.46. The third kappa shape index (κ3) is 5.03. The first kappa shape index (κ1) is 25.1. The molecule has 0 aliphatic carbocycles. The van der Waals surface area contributed by atoms with Gasteiger partial charge in [0.25, 0.3) is 0 Å². The van der Waals surface area contributed by atoms with Crippen LogP contribution in [0.1, 0.15) is 93.6 Å². The van der Waals surface area contributed by atoms with Crippen LogP contribution in [0.15, 0.2) is 42.0 Å². The van der Waals surface area contributed by atoms with Gasteiger partial charge in [0.2, 0.25) is 0 Å². The van der Waals surface area contributed by atoms with E-state index >= 15 is 0 Å². The Morgan fingerprint density at radius 1 is 1.03 bits per heavy atom. The number of hydrogen-bond acceptors (Lipinski definition) is 3. The average molecular weight is 474 g/mol. The first-order chi connectivity index (χ1) is 17.0. The van der Waals surface area contributed by atoms with Crippen molar-refractivity contribution in [2.45, 2.75) is 78.7 Å². The molecule has 0 saturated heterocycles. The van der Waals surface area contributed by atoms with Gasteiger partial charge >= 0.3 is 5.97 Å². The molecule has 0 spiro atoms. The number of allylic oxidation sites excluding steroid dienone is 1. The molecule has 2 heterocycles. The van der Waals surface area contributed by atoms with E-state index in [2.05, 4.69) is 62.6 Å². The summed E-state index contributed by atoms with van der Waals surface area (Å²) in [5.41, 5.74) is 8.16. The van der Waals surface area contributed by atoms with E-state index in [4.69, 9.17) is 9.47 Å². The molecule has 1 aliphatic rings. The van der Waals surface area contributed by atoms with Crippen LogP contribution in [0.25, 0.3) is 28.2 Å². The Kier molecular flexibility index (Phi) is 8.00. The molecule has 1 aliphatic heterocycles. The first-order valence-corrected chi connectivity index (χ1v) is 13.2. The Morgan fingerprint density at radius 3 is 2.49 bits per heavy atom. The van der Waals surface area contributed by atoms with Gasteiger partial charge in [-0.15, -0.1) is 0 Å². The summed E-state index contributed by atoms with van der Waals surface area (Å²) in [6, 6.07) is 12.6. The highest BCUT2D eigenvalue weighted by atomic mass is 16.5. The summed E-state index contributed by atoms with van der Waals surface area (Å²) in [6.45, 7) is 10.1. The smallest absolute Gasteiger partial charge is 0.338 e. The number of carbonyl (C=O) groups excluding carboxylic acids is 1. The largest absolute Gasteiger partial charge is 0.497 e. The van der Waals surface area contributed by atoms with E-state index in [-0.39, 0.29) is 5.97 Å². The highest BCUT2D eigenvalue weighted by Crippen LogP contribution is 2.45. The Hall–Kier alpha value is -3.01. The molecule has 4 rings (SSSR count). The van der Waals surface area contributed by atoms with E-state index < -0.39 is 0 Å². The molecule has 1 aromatic heterocycles. The molecule has 0 N–H and O–H groups in total. The number of methoxy groups -OCH3 is 1. The molecule has 0 saturated carbocycles. The van der Waals surface area contributed by atoms with Crippen LogP contribution in [0.2, 0.25) is 0 Å². The van der Waals surface area contributed by atoms with Gasteiger partial charge in [0, 0.05) is 23.0 Å². The fourth-order valence-electron chi connectivity index (χ4n) is 5.46. The number of hydrogen-bond donors (Lipinski definition) is 0. The van der Waals surface area contributed by atoms with Crippen molar-refractivity contribution in [2.75, 3.05) is 13.7 Å². The van der Waals surface area contributed by atoms with E-state index in [1.54, 1.807) is 7.11 Å². The molecule has 0 amide bonds. The van der Waals surface area contributed by atoms with E-state index in [0.29, 0.717) is 18.1 Å². The van der Waals surface area contributed by atoms with Crippen molar-refractivity contribution in [3.63, 3.8) is 0 Å². The van der Waals surface area contributed by atoms with Gasteiger partial charge in [-0.1, -0.05) is 57.7 Å². The molecule has 0 radical (unpaired) electrons. The topological polar surface area (TPSA) is 40.5 Å². The molecule has 2 aromatic carbocycles. The fraction of sp³-hybridized carbons (Fsp3) is 0.452. The van der Waals surface area contributed by atoms with Crippen molar-refractivity contribution in [3.8, 4) is 17.0 Å². The van der Waals surface area contributed by atoms with Crippen LogP contribution in [0, 0.1) is 0 Å². The van der Waals surface area contributed by atoms with Crippen LogP contribution >= 0.6 is 0 Å². The molecule has 0 fully saturated rings. The number of carbonyl (C=O) groups is 1. The standard InChI is InChI=1S/C31H39NO3/c1-6-9-16-35-31(33)23-12-14-27-28(19-23)32-20-21(4)17-24-18-25(34-5)13-15-26(24)30(32)29(27)22(10-7-2)11-8-3/h12-15,17-19,22H,6-11,16,20H2,1-5H3. The highest BCUT2D eigenvalue weighted by Gasteiger charge is 2.27. The zero-order valence-electron chi connectivity index (χ0n) is 21.9.